The summed E-state index contributed by atoms with van der Waals surface area (Å²) < 4.78 is 0. The van der Waals surface area contributed by atoms with E-state index in [0.717, 1.165) is 24.5 Å². The predicted octanol–water partition coefficient (Wildman–Crippen LogP) is 1.06. The van der Waals surface area contributed by atoms with Gasteiger partial charge in [0.1, 0.15) is 5.82 Å². The zero-order valence-electron chi connectivity index (χ0n) is 14.2. The molecule has 2 aliphatic rings. The Morgan fingerprint density at radius 3 is 2.42 bits per heavy atom. The van der Waals surface area contributed by atoms with Gasteiger partial charge in [0, 0.05) is 58.9 Å². The van der Waals surface area contributed by atoms with E-state index in [1.165, 1.54) is 12.8 Å². The number of hydrogen-bond acceptors (Lipinski definition) is 4. The summed E-state index contributed by atoms with van der Waals surface area (Å²) in [6.07, 6.45) is 4.24. The molecule has 0 atom stereocenters. The molecule has 7 nitrogen and oxygen atoms in total. The Hall–Kier alpha value is -2.31. The summed E-state index contributed by atoms with van der Waals surface area (Å²) >= 11 is 0. The van der Waals surface area contributed by atoms with Crippen molar-refractivity contribution >= 4 is 17.8 Å². The highest BCUT2D eigenvalue weighted by Crippen LogP contribution is 2.18. The Balaban J connectivity index is 1.49. The van der Waals surface area contributed by atoms with E-state index in [-0.39, 0.29) is 11.9 Å². The zero-order chi connectivity index (χ0) is 16.9. The highest BCUT2D eigenvalue weighted by molar-refractivity contribution is 5.76. The van der Waals surface area contributed by atoms with Crippen molar-refractivity contribution in [3.8, 4) is 0 Å². The fraction of sp³-hybridized carbons (Fsp3) is 0.588. The number of nitrogens with one attached hydrogen (secondary N) is 1. The number of carbonyl (C=O) groups is 2. The van der Waals surface area contributed by atoms with E-state index >= 15 is 0 Å². The standard InChI is InChI=1S/C17H25N5O2/c1-14(23)20-8-10-22(11-9-20)17(24)19-13-15-4-5-18-16(12-15)21-6-2-3-7-21/h4-5,12H,2-3,6-11,13H2,1H3,(H,19,24). The van der Waals surface area contributed by atoms with Crippen molar-refractivity contribution in [2.24, 2.45) is 0 Å². The van der Waals surface area contributed by atoms with Crippen LogP contribution < -0.4 is 10.2 Å². The molecule has 24 heavy (non-hydrogen) atoms. The van der Waals surface area contributed by atoms with Crippen LogP contribution >= 0.6 is 0 Å². The molecule has 2 aliphatic heterocycles. The smallest absolute Gasteiger partial charge is 0.317 e. The second-order valence-corrected chi connectivity index (χ2v) is 6.37. The fourth-order valence-electron chi connectivity index (χ4n) is 3.20. The first-order valence-corrected chi connectivity index (χ1v) is 8.61. The van der Waals surface area contributed by atoms with Crippen molar-refractivity contribution in [3.63, 3.8) is 0 Å². The molecule has 0 aliphatic carbocycles. The normalized spacial score (nSPS) is 18.0. The lowest BCUT2D eigenvalue weighted by atomic mass is 10.2. The molecule has 1 N–H and O–H groups in total. The molecule has 3 amide bonds. The van der Waals surface area contributed by atoms with Crippen LogP contribution in [0.1, 0.15) is 25.3 Å². The molecule has 0 unspecified atom stereocenters. The van der Waals surface area contributed by atoms with Crippen LogP contribution in [0, 0.1) is 0 Å². The van der Waals surface area contributed by atoms with Crippen LogP contribution in [0.25, 0.3) is 0 Å². The number of carbonyl (C=O) groups excluding carboxylic acids is 2. The number of pyridine rings is 1. The fourth-order valence-corrected chi connectivity index (χ4v) is 3.20. The van der Waals surface area contributed by atoms with Crippen LogP contribution in [0.3, 0.4) is 0 Å². The lowest BCUT2D eigenvalue weighted by molar-refractivity contribution is -0.130. The molecule has 130 valence electrons. The minimum absolute atomic E-state index is 0.0706. The van der Waals surface area contributed by atoms with Crippen molar-refractivity contribution < 1.29 is 9.59 Å². The minimum atomic E-state index is -0.0715. The number of hydrogen-bond donors (Lipinski definition) is 1. The lowest BCUT2D eigenvalue weighted by Gasteiger charge is -2.34. The molecular weight excluding hydrogens is 306 g/mol. The summed E-state index contributed by atoms with van der Waals surface area (Å²) in [5.74, 6) is 1.07. The highest BCUT2D eigenvalue weighted by Gasteiger charge is 2.22. The lowest BCUT2D eigenvalue weighted by Crippen LogP contribution is -2.52. The van der Waals surface area contributed by atoms with Gasteiger partial charge >= 0.3 is 6.03 Å². The minimum Gasteiger partial charge on any atom is -0.357 e. The van der Waals surface area contributed by atoms with Gasteiger partial charge in [0.15, 0.2) is 0 Å². The van der Waals surface area contributed by atoms with Crippen LogP contribution in [-0.4, -0.2) is 66.0 Å². The Bertz CT molecular complexity index is 592. The van der Waals surface area contributed by atoms with Gasteiger partial charge in [-0.05, 0) is 30.5 Å². The van der Waals surface area contributed by atoms with E-state index in [2.05, 4.69) is 21.3 Å². The number of anilines is 1. The van der Waals surface area contributed by atoms with Gasteiger partial charge in [0.2, 0.25) is 5.91 Å². The second-order valence-electron chi connectivity index (χ2n) is 6.37. The van der Waals surface area contributed by atoms with Crippen LogP contribution in [-0.2, 0) is 11.3 Å². The molecule has 0 bridgehead atoms. The van der Waals surface area contributed by atoms with Crippen molar-refractivity contribution in [3.05, 3.63) is 23.9 Å². The SMILES string of the molecule is CC(=O)N1CCN(C(=O)NCc2ccnc(N3CCCC3)c2)CC1. The van der Waals surface area contributed by atoms with E-state index in [0.29, 0.717) is 32.7 Å². The maximum atomic E-state index is 12.3. The monoisotopic (exact) mass is 331 g/mol. The number of nitrogens with zero attached hydrogens (tertiary/aromatic N) is 4. The third-order valence-electron chi connectivity index (χ3n) is 4.70. The van der Waals surface area contributed by atoms with Crippen LogP contribution in [0.5, 0.6) is 0 Å². The van der Waals surface area contributed by atoms with Gasteiger partial charge in [-0.15, -0.1) is 0 Å². The largest absolute Gasteiger partial charge is 0.357 e. The second kappa shape index (κ2) is 7.51. The van der Waals surface area contributed by atoms with Crippen molar-refractivity contribution in [2.45, 2.75) is 26.3 Å². The summed E-state index contributed by atoms with van der Waals surface area (Å²) in [6, 6.07) is 3.92. The van der Waals surface area contributed by atoms with Crippen molar-refractivity contribution in [1.82, 2.24) is 20.1 Å². The molecule has 1 aromatic rings. The molecule has 3 rings (SSSR count). The average molecular weight is 331 g/mol. The van der Waals surface area contributed by atoms with Gasteiger partial charge in [-0.3, -0.25) is 4.79 Å². The van der Waals surface area contributed by atoms with Crippen LogP contribution in [0.4, 0.5) is 10.6 Å². The van der Waals surface area contributed by atoms with Gasteiger partial charge in [-0.1, -0.05) is 0 Å². The molecule has 0 saturated carbocycles. The molecule has 2 fully saturated rings. The summed E-state index contributed by atoms with van der Waals surface area (Å²) in [4.78, 5) is 33.8. The third-order valence-corrected chi connectivity index (χ3v) is 4.70. The molecule has 7 heteroatoms. The number of urea groups is 1. The Morgan fingerprint density at radius 2 is 1.75 bits per heavy atom. The van der Waals surface area contributed by atoms with Gasteiger partial charge in [-0.25, -0.2) is 9.78 Å². The van der Waals surface area contributed by atoms with Gasteiger partial charge in [0.25, 0.3) is 0 Å². The van der Waals surface area contributed by atoms with Crippen LogP contribution in [0.2, 0.25) is 0 Å². The van der Waals surface area contributed by atoms with E-state index in [1.54, 1.807) is 22.9 Å². The van der Waals surface area contributed by atoms with Gasteiger partial charge in [-0.2, -0.15) is 0 Å². The van der Waals surface area contributed by atoms with Gasteiger partial charge < -0.3 is 20.0 Å². The maximum Gasteiger partial charge on any atom is 0.317 e. The number of aromatic nitrogens is 1. The van der Waals surface area contributed by atoms with E-state index < -0.39 is 0 Å². The first kappa shape index (κ1) is 16.5. The first-order valence-electron chi connectivity index (χ1n) is 8.61. The quantitative estimate of drug-likeness (QED) is 0.899. The molecule has 2 saturated heterocycles. The molecular formula is C17H25N5O2. The van der Waals surface area contributed by atoms with E-state index in [9.17, 15) is 9.59 Å². The molecule has 0 spiro atoms. The number of rotatable bonds is 3. The topological polar surface area (TPSA) is 68.8 Å². The highest BCUT2D eigenvalue weighted by atomic mass is 16.2. The molecule has 1 aromatic heterocycles. The molecule has 0 aromatic carbocycles. The first-order chi connectivity index (χ1) is 11.6. The van der Waals surface area contributed by atoms with Crippen LogP contribution in [0.15, 0.2) is 18.3 Å². The maximum absolute atomic E-state index is 12.3. The predicted molar refractivity (Wildman–Crippen MR) is 91.7 cm³/mol. The third kappa shape index (κ3) is 3.96. The Morgan fingerprint density at radius 1 is 1.08 bits per heavy atom. The Labute approximate surface area is 142 Å². The summed E-state index contributed by atoms with van der Waals surface area (Å²) in [5.41, 5.74) is 1.06. The van der Waals surface area contributed by atoms with Crippen molar-refractivity contribution in [2.75, 3.05) is 44.2 Å². The van der Waals surface area contributed by atoms with E-state index in [4.69, 9.17) is 0 Å². The van der Waals surface area contributed by atoms with E-state index in [1.807, 2.05) is 6.07 Å². The summed E-state index contributed by atoms with van der Waals surface area (Å²) in [7, 11) is 0. The Kier molecular flexibility index (Phi) is 5.17. The van der Waals surface area contributed by atoms with Gasteiger partial charge in [0.05, 0.1) is 0 Å². The number of piperazine rings is 1. The molecule has 0 radical (unpaired) electrons. The number of amides is 3. The zero-order valence-corrected chi connectivity index (χ0v) is 14.2. The summed E-state index contributed by atoms with van der Waals surface area (Å²) in [5, 5.41) is 2.97. The summed E-state index contributed by atoms with van der Waals surface area (Å²) in [6.45, 7) is 6.56. The average Bonchev–Trinajstić information content (AvgIpc) is 3.15. The molecule has 3 heterocycles. The van der Waals surface area contributed by atoms with Crippen molar-refractivity contribution in [1.29, 1.82) is 0 Å².